The van der Waals surface area contributed by atoms with Crippen LogP contribution in [0.3, 0.4) is 0 Å². The molecule has 0 spiro atoms. The number of thiazole rings is 1. The molecule has 0 radical (unpaired) electrons. The zero-order chi connectivity index (χ0) is 14.8. The fourth-order valence-electron chi connectivity index (χ4n) is 1.78. The normalized spacial score (nSPS) is 10.7. The molecule has 3 aromatic heterocycles. The van der Waals surface area contributed by atoms with Gasteiger partial charge in [-0.25, -0.2) is 14.8 Å². The van der Waals surface area contributed by atoms with Gasteiger partial charge in [-0.15, -0.1) is 11.3 Å². The summed E-state index contributed by atoms with van der Waals surface area (Å²) in [5.41, 5.74) is 0.0542. The van der Waals surface area contributed by atoms with Gasteiger partial charge >= 0.3 is 5.97 Å². The number of ether oxygens (including phenoxy) is 1. The van der Waals surface area contributed by atoms with E-state index in [2.05, 4.69) is 9.97 Å². The van der Waals surface area contributed by atoms with Crippen LogP contribution in [0.4, 0.5) is 0 Å². The summed E-state index contributed by atoms with van der Waals surface area (Å²) in [5, 5.41) is 10.8. The maximum Gasteiger partial charge on any atom is 0.358 e. The molecule has 0 saturated heterocycles. The van der Waals surface area contributed by atoms with Gasteiger partial charge < -0.3 is 9.84 Å². The lowest BCUT2D eigenvalue weighted by atomic mass is 10.3. The highest BCUT2D eigenvalue weighted by Crippen LogP contribution is 2.16. The van der Waals surface area contributed by atoms with Crippen molar-refractivity contribution in [3.05, 3.63) is 57.7 Å². The number of carbonyl (C=O) groups is 1. The van der Waals surface area contributed by atoms with Crippen LogP contribution in [-0.2, 0) is 6.61 Å². The summed E-state index contributed by atoms with van der Waals surface area (Å²) >= 11 is 1.34. The number of hydrogen-bond donors (Lipinski definition) is 1. The lowest BCUT2D eigenvalue weighted by Crippen LogP contribution is -2.14. The first-order valence-corrected chi connectivity index (χ1v) is 6.80. The Bertz CT molecular complexity index is 871. The van der Waals surface area contributed by atoms with Crippen LogP contribution in [0.2, 0.25) is 0 Å². The number of nitrogens with zero attached hydrogens (tertiary/aromatic N) is 3. The van der Waals surface area contributed by atoms with Crippen LogP contribution < -0.4 is 10.3 Å². The topological polar surface area (TPSA) is 93.8 Å². The van der Waals surface area contributed by atoms with Gasteiger partial charge in [-0.2, -0.15) is 0 Å². The molecule has 0 atom stereocenters. The Kier molecular flexibility index (Phi) is 3.36. The van der Waals surface area contributed by atoms with Gasteiger partial charge in [0.05, 0.1) is 5.69 Å². The summed E-state index contributed by atoms with van der Waals surface area (Å²) in [6, 6.07) is 4.44. The molecule has 106 valence electrons. The largest absolute Gasteiger partial charge is 0.485 e. The molecule has 3 rings (SSSR count). The van der Waals surface area contributed by atoms with Gasteiger partial charge in [-0.1, -0.05) is 0 Å². The second-order valence-corrected chi connectivity index (χ2v) is 4.96. The van der Waals surface area contributed by atoms with Crippen molar-refractivity contribution in [3.63, 3.8) is 0 Å². The van der Waals surface area contributed by atoms with E-state index in [0.29, 0.717) is 10.7 Å². The molecule has 0 unspecified atom stereocenters. The van der Waals surface area contributed by atoms with Gasteiger partial charge in [0.1, 0.15) is 6.61 Å². The summed E-state index contributed by atoms with van der Waals surface area (Å²) in [6.45, 7) is -0.00435. The highest BCUT2D eigenvalue weighted by atomic mass is 32.1. The van der Waals surface area contributed by atoms with Crippen LogP contribution in [0.25, 0.3) is 4.96 Å². The van der Waals surface area contributed by atoms with Crippen molar-refractivity contribution in [2.24, 2.45) is 0 Å². The number of aromatic carboxylic acids is 1. The van der Waals surface area contributed by atoms with E-state index < -0.39 is 5.97 Å². The maximum absolute atomic E-state index is 11.8. The second-order valence-electron chi connectivity index (χ2n) is 4.09. The molecule has 0 saturated carbocycles. The van der Waals surface area contributed by atoms with Crippen molar-refractivity contribution in [1.82, 2.24) is 14.4 Å². The fraction of sp³-hybridized carbons (Fsp3) is 0.0769. The number of carboxylic acids is 1. The Morgan fingerprint density at radius 2 is 2.33 bits per heavy atom. The second kappa shape index (κ2) is 5.33. The highest BCUT2D eigenvalue weighted by molar-refractivity contribution is 7.15. The standard InChI is InChI=1S/C13H9N3O4S/c17-10-6-8(15-13-16(10)4-5-21-13)7-20-9-2-1-3-14-11(9)12(18)19/h1-6H,7H2,(H,18,19). The molecule has 1 N–H and O–H groups in total. The first-order chi connectivity index (χ1) is 10.1. The number of rotatable bonds is 4. The third kappa shape index (κ3) is 2.61. The maximum atomic E-state index is 11.8. The van der Waals surface area contributed by atoms with Gasteiger partial charge in [0, 0.05) is 23.8 Å². The van der Waals surface area contributed by atoms with E-state index in [1.807, 2.05) is 0 Å². The van der Waals surface area contributed by atoms with E-state index in [4.69, 9.17) is 9.84 Å². The Hall–Kier alpha value is -2.74. The fourth-order valence-corrected chi connectivity index (χ4v) is 2.52. The summed E-state index contributed by atoms with van der Waals surface area (Å²) < 4.78 is 6.85. The van der Waals surface area contributed by atoms with E-state index in [1.54, 1.807) is 17.6 Å². The Morgan fingerprint density at radius 1 is 1.48 bits per heavy atom. The predicted molar refractivity (Wildman–Crippen MR) is 74.9 cm³/mol. The molecule has 21 heavy (non-hydrogen) atoms. The zero-order valence-corrected chi connectivity index (χ0v) is 11.4. The molecule has 0 aliphatic rings. The highest BCUT2D eigenvalue weighted by Gasteiger charge is 2.13. The minimum Gasteiger partial charge on any atom is -0.485 e. The Balaban J connectivity index is 1.87. The molecular formula is C13H9N3O4S. The monoisotopic (exact) mass is 303 g/mol. The van der Waals surface area contributed by atoms with Crippen molar-refractivity contribution in [2.75, 3.05) is 0 Å². The number of pyridine rings is 1. The Morgan fingerprint density at radius 3 is 3.14 bits per heavy atom. The predicted octanol–water partition coefficient (Wildman–Crippen LogP) is 1.43. The third-order valence-corrected chi connectivity index (χ3v) is 3.46. The number of hydrogen-bond acceptors (Lipinski definition) is 6. The van der Waals surface area contributed by atoms with Gasteiger partial charge in [-0.3, -0.25) is 9.20 Å². The molecule has 0 fully saturated rings. The van der Waals surface area contributed by atoms with Crippen molar-refractivity contribution < 1.29 is 14.6 Å². The van der Waals surface area contributed by atoms with Crippen LogP contribution in [-0.4, -0.2) is 25.4 Å². The van der Waals surface area contributed by atoms with E-state index in [1.165, 1.54) is 34.1 Å². The average Bonchev–Trinajstić information content (AvgIpc) is 2.94. The summed E-state index contributed by atoms with van der Waals surface area (Å²) in [7, 11) is 0. The molecule has 0 aromatic carbocycles. The van der Waals surface area contributed by atoms with Crippen LogP contribution in [0.5, 0.6) is 5.75 Å². The quantitative estimate of drug-likeness (QED) is 0.783. The van der Waals surface area contributed by atoms with Crippen molar-refractivity contribution in [3.8, 4) is 5.75 Å². The lowest BCUT2D eigenvalue weighted by molar-refractivity contribution is 0.0684. The third-order valence-electron chi connectivity index (χ3n) is 2.71. The van der Waals surface area contributed by atoms with E-state index in [-0.39, 0.29) is 23.6 Å². The van der Waals surface area contributed by atoms with Crippen LogP contribution >= 0.6 is 11.3 Å². The molecule has 8 heteroatoms. The minimum atomic E-state index is -1.17. The van der Waals surface area contributed by atoms with Crippen molar-refractivity contribution in [1.29, 1.82) is 0 Å². The molecule has 7 nitrogen and oxygen atoms in total. The van der Waals surface area contributed by atoms with Gasteiger partial charge in [0.15, 0.2) is 16.4 Å². The molecule has 0 aliphatic heterocycles. The SMILES string of the molecule is O=C(O)c1ncccc1OCc1cc(=O)n2ccsc2n1. The summed E-state index contributed by atoms with van der Waals surface area (Å²) in [5.74, 6) is -1.04. The molecule has 0 aliphatic carbocycles. The van der Waals surface area contributed by atoms with E-state index in [9.17, 15) is 9.59 Å². The molecule has 3 aromatic rings. The average molecular weight is 303 g/mol. The van der Waals surface area contributed by atoms with Gasteiger partial charge in [0.2, 0.25) is 0 Å². The first-order valence-electron chi connectivity index (χ1n) is 5.92. The first kappa shape index (κ1) is 13.3. The lowest BCUT2D eigenvalue weighted by Gasteiger charge is -2.07. The van der Waals surface area contributed by atoms with Crippen LogP contribution in [0, 0.1) is 0 Å². The number of fused-ring (bicyclic) bond motifs is 1. The van der Waals surface area contributed by atoms with Gasteiger partial charge in [0.25, 0.3) is 5.56 Å². The van der Waals surface area contributed by atoms with Crippen LogP contribution in [0.15, 0.2) is 40.8 Å². The van der Waals surface area contributed by atoms with Crippen LogP contribution in [0.1, 0.15) is 16.2 Å². The molecule has 3 heterocycles. The van der Waals surface area contributed by atoms with Crippen molar-refractivity contribution >= 4 is 22.3 Å². The molecule has 0 amide bonds. The van der Waals surface area contributed by atoms with E-state index >= 15 is 0 Å². The Labute approximate surface area is 122 Å². The molecular weight excluding hydrogens is 294 g/mol. The van der Waals surface area contributed by atoms with Crippen molar-refractivity contribution in [2.45, 2.75) is 6.61 Å². The number of carboxylic acid groups (broad SMARTS) is 1. The minimum absolute atomic E-state index is 0.00435. The molecule has 0 bridgehead atoms. The summed E-state index contributed by atoms with van der Waals surface area (Å²) in [4.78, 5) is 31.4. The van der Waals surface area contributed by atoms with Gasteiger partial charge in [-0.05, 0) is 12.1 Å². The summed E-state index contributed by atoms with van der Waals surface area (Å²) in [6.07, 6.45) is 3.02. The van der Waals surface area contributed by atoms with E-state index in [0.717, 1.165) is 0 Å². The number of aromatic nitrogens is 3. The smallest absolute Gasteiger partial charge is 0.358 e. The zero-order valence-electron chi connectivity index (χ0n) is 10.6.